The molecule has 0 aliphatic heterocycles. The van der Waals surface area contributed by atoms with E-state index in [0.717, 1.165) is 27.5 Å². The van der Waals surface area contributed by atoms with Crippen molar-refractivity contribution < 1.29 is 19.8 Å². The highest BCUT2D eigenvalue weighted by Crippen LogP contribution is 2.21. The number of nitrogens with zero attached hydrogens (tertiary/aromatic N) is 2. The number of aryl methyl sites for hydroxylation is 1. The number of aromatic carboxylic acids is 1. The molecule has 9 nitrogen and oxygen atoms in total. The van der Waals surface area contributed by atoms with E-state index in [1.807, 2.05) is 0 Å². The van der Waals surface area contributed by atoms with Crippen LogP contribution in [-0.2, 0) is 14.1 Å². The second kappa shape index (κ2) is 5.79. The number of hydrogen-bond acceptors (Lipinski definition) is 5. The zero-order valence-electron chi connectivity index (χ0n) is 12.2. The van der Waals surface area contributed by atoms with Gasteiger partial charge in [0.1, 0.15) is 16.9 Å². The molecule has 0 unspecified atom stereocenters. The molecule has 0 fully saturated rings. The zero-order valence-corrected chi connectivity index (χ0v) is 12.2. The molecule has 0 saturated carbocycles. The van der Waals surface area contributed by atoms with Gasteiger partial charge in [-0.05, 0) is 18.2 Å². The molecule has 2 rings (SSSR count). The summed E-state index contributed by atoms with van der Waals surface area (Å²) in [4.78, 5) is 46.7. The van der Waals surface area contributed by atoms with Crippen LogP contribution in [0.25, 0.3) is 0 Å². The highest BCUT2D eigenvalue weighted by Gasteiger charge is 2.16. The predicted octanol–water partition coefficient (Wildman–Crippen LogP) is -0.260. The molecule has 0 aliphatic rings. The highest BCUT2D eigenvalue weighted by atomic mass is 16.4. The molecule has 23 heavy (non-hydrogen) atoms. The molecule has 0 saturated heterocycles. The van der Waals surface area contributed by atoms with Crippen LogP contribution in [0.5, 0.6) is 5.75 Å². The summed E-state index contributed by atoms with van der Waals surface area (Å²) in [5.41, 5.74) is -1.94. The Labute approximate surface area is 129 Å². The third kappa shape index (κ3) is 2.98. The van der Waals surface area contributed by atoms with E-state index in [2.05, 4.69) is 5.32 Å². The van der Waals surface area contributed by atoms with Gasteiger partial charge >= 0.3 is 11.7 Å². The number of rotatable bonds is 3. The van der Waals surface area contributed by atoms with Gasteiger partial charge in [0.15, 0.2) is 0 Å². The molecule has 0 spiro atoms. The molecular formula is C14H13N3O6. The maximum absolute atomic E-state index is 12.2. The number of amides is 1. The van der Waals surface area contributed by atoms with Gasteiger partial charge in [0.05, 0.1) is 0 Å². The van der Waals surface area contributed by atoms with Crippen LogP contribution < -0.4 is 16.6 Å². The first-order valence-corrected chi connectivity index (χ1v) is 6.36. The second-order valence-corrected chi connectivity index (χ2v) is 4.79. The minimum atomic E-state index is -1.36. The minimum absolute atomic E-state index is 0.0844. The lowest BCUT2D eigenvalue weighted by molar-refractivity contribution is 0.0693. The lowest BCUT2D eigenvalue weighted by atomic mass is 10.1. The number of nitrogens with one attached hydrogen (secondary N) is 1. The van der Waals surface area contributed by atoms with Crippen molar-refractivity contribution in [3.05, 3.63) is 56.4 Å². The van der Waals surface area contributed by atoms with Crippen LogP contribution >= 0.6 is 0 Å². The van der Waals surface area contributed by atoms with Gasteiger partial charge in [-0.25, -0.2) is 9.59 Å². The van der Waals surface area contributed by atoms with Gasteiger partial charge in [0, 0.05) is 26.0 Å². The molecule has 0 radical (unpaired) electrons. The Bertz CT molecular complexity index is 925. The van der Waals surface area contributed by atoms with Gasteiger partial charge in [-0.15, -0.1) is 0 Å². The summed E-state index contributed by atoms with van der Waals surface area (Å²) in [6.07, 6.45) is 1.10. The Balaban J connectivity index is 2.41. The number of carboxylic acid groups (broad SMARTS) is 1. The maximum Gasteiger partial charge on any atom is 0.339 e. The predicted molar refractivity (Wildman–Crippen MR) is 79.9 cm³/mol. The largest absolute Gasteiger partial charge is 0.507 e. The maximum atomic E-state index is 12.2. The van der Waals surface area contributed by atoms with E-state index in [1.54, 1.807) is 0 Å². The third-order valence-corrected chi connectivity index (χ3v) is 3.18. The molecule has 2 aromatic rings. The van der Waals surface area contributed by atoms with Crippen molar-refractivity contribution in [2.45, 2.75) is 0 Å². The lowest BCUT2D eigenvalue weighted by Crippen LogP contribution is -2.40. The fraction of sp³-hybridized carbons (Fsp3) is 0.143. The fourth-order valence-corrected chi connectivity index (χ4v) is 1.95. The Morgan fingerprint density at radius 2 is 1.78 bits per heavy atom. The minimum Gasteiger partial charge on any atom is -0.507 e. The van der Waals surface area contributed by atoms with E-state index in [0.29, 0.717) is 0 Å². The van der Waals surface area contributed by atoms with Crippen LogP contribution in [0.1, 0.15) is 20.7 Å². The van der Waals surface area contributed by atoms with E-state index in [1.165, 1.54) is 20.2 Å². The van der Waals surface area contributed by atoms with Crippen LogP contribution in [0.15, 0.2) is 34.0 Å². The number of phenols is 1. The topological polar surface area (TPSA) is 131 Å². The van der Waals surface area contributed by atoms with Crippen molar-refractivity contribution in [1.29, 1.82) is 0 Å². The van der Waals surface area contributed by atoms with E-state index in [-0.39, 0.29) is 11.3 Å². The summed E-state index contributed by atoms with van der Waals surface area (Å²) in [5.74, 6) is -2.62. The number of anilines is 1. The van der Waals surface area contributed by atoms with Crippen molar-refractivity contribution in [3.63, 3.8) is 0 Å². The monoisotopic (exact) mass is 319 g/mol. The van der Waals surface area contributed by atoms with Crippen molar-refractivity contribution in [1.82, 2.24) is 9.13 Å². The summed E-state index contributed by atoms with van der Waals surface area (Å²) < 4.78 is 1.87. The lowest BCUT2D eigenvalue weighted by Gasteiger charge is -2.09. The van der Waals surface area contributed by atoms with Crippen molar-refractivity contribution in [3.8, 4) is 5.75 Å². The Morgan fingerprint density at radius 3 is 2.39 bits per heavy atom. The number of carbonyl (C=O) groups excluding carboxylic acids is 1. The van der Waals surface area contributed by atoms with E-state index < -0.39 is 34.4 Å². The van der Waals surface area contributed by atoms with Gasteiger partial charge in [-0.1, -0.05) is 0 Å². The van der Waals surface area contributed by atoms with E-state index in [9.17, 15) is 24.3 Å². The van der Waals surface area contributed by atoms with E-state index >= 15 is 0 Å². The Kier molecular flexibility index (Phi) is 4.04. The normalized spacial score (nSPS) is 10.3. The first-order chi connectivity index (χ1) is 10.7. The van der Waals surface area contributed by atoms with Crippen LogP contribution in [0.2, 0.25) is 0 Å². The van der Waals surface area contributed by atoms with Gasteiger partial charge < -0.3 is 20.1 Å². The Morgan fingerprint density at radius 1 is 1.13 bits per heavy atom. The average Bonchev–Trinajstić information content (AvgIpc) is 2.50. The molecule has 0 atom stereocenters. The quantitative estimate of drug-likeness (QED) is 0.668. The zero-order chi connectivity index (χ0) is 17.3. The molecule has 0 aliphatic carbocycles. The van der Waals surface area contributed by atoms with Crippen LogP contribution in [0.4, 0.5) is 5.69 Å². The average molecular weight is 319 g/mol. The summed E-state index contributed by atoms with van der Waals surface area (Å²) in [6, 6.07) is 3.45. The fourth-order valence-electron chi connectivity index (χ4n) is 1.95. The molecule has 120 valence electrons. The number of hydrogen-bond donors (Lipinski definition) is 3. The standard InChI is InChI=1S/C14H13N3O6/c1-16-6-9(12(20)17(2)14(16)23)11(19)15-7-3-4-10(18)8(5-7)13(21)22/h3-6,18H,1-2H3,(H,15,19)(H,21,22). The van der Waals surface area contributed by atoms with Crippen molar-refractivity contribution in [2.75, 3.05) is 5.32 Å². The number of carbonyl (C=O) groups is 2. The molecule has 3 N–H and O–H groups in total. The first kappa shape index (κ1) is 16.0. The van der Waals surface area contributed by atoms with Crippen LogP contribution in [-0.4, -0.2) is 31.2 Å². The SMILES string of the molecule is Cn1cc(C(=O)Nc2ccc(O)c(C(=O)O)c2)c(=O)n(C)c1=O. The van der Waals surface area contributed by atoms with Gasteiger partial charge in [-0.2, -0.15) is 0 Å². The molecule has 1 heterocycles. The molecule has 0 bridgehead atoms. The Hall–Kier alpha value is -3.36. The molecule has 1 aromatic heterocycles. The van der Waals surface area contributed by atoms with Crippen LogP contribution in [0.3, 0.4) is 0 Å². The third-order valence-electron chi connectivity index (χ3n) is 3.18. The molecular weight excluding hydrogens is 306 g/mol. The van der Waals surface area contributed by atoms with Gasteiger partial charge in [0.2, 0.25) is 0 Å². The smallest absolute Gasteiger partial charge is 0.339 e. The van der Waals surface area contributed by atoms with E-state index in [4.69, 9.17) is 5.11 Å². The van der Waals surface area contributed by atoms with Gasteiger partial charge in [0.25, 0.3) is 11.5 Å². The van der Waals surface area contributed by atoms with Crippen molar-refractivity contribution in [2.24, 2.45) is 14.1 Å². The summed E-state index contributed by atoms with van der Waals surface area (Å²) in [5, 5.41) is 20.7. The van der Waals surface area contributed by atoms with Crippen LogP contribution in [0, 0.1) is 0 Å². The number of carboxylic acids is 1. The summed E-state index contributed by atoms with van der Waals surface area (Å²) in [7, 11) is 2.63. The first-order valence-electron chi connectivity index (χ1n) is 6.36. The molecule has 1 amide bonds. The highest BCUT2D eigenvalue weighted by molar-refractivity contribution is 6.04. The van der Waals surface area contributed by atoms with Crippen molar-refractivity contribution >= 4 is 17.6 Å². The summed E-state index contributed by atoms with van der Waals surface area (Å²) >= 11 is 0. The summed E-state index contributed by atoms with van der Waals surface area (Å²) in [6.45, 7) is 0. The number of aromatic hydroxyl groups is 1. The number of aromatic nitrogens is 2. The second-order valence-electron chi connectivity index (χ2n) is 4.79. The molecule has 9 heteroatoms. The molecule has 1 aromatic carbocycles. The van der Waals surface area contributed by atoms with Gasteiger partial charge in [-0.3, -0.25) is 14.2 Å². The number of benzene rings is 1.